The molecule has 0 N–H and O–H groups in total. The van der Waals surface area contributed by atoms with Crippen molar-refractivity contribution in [3.63, 3.8) is 0 Å². The van der Waals surface area contributed by atoms with E-state index in [4.69, 9.17) is 20.0 Å². The van der Waals surface area contributed by atoms with E-state index in [9.17, 15) is 0 Å². The first kappa shape index (κ1) is 29.3. The second kappa shape index (κ2) is 12.8. The van der Waals surface area contributed by atoms with E-state index in [1.54, 1.807) is 0 Å². The number of rotatable bonds is 8. The minimum Gasteiger partial charge on any atom is -0.276 e. The zero-order valence-electron chi connectivity index (χ0n) is 24.2. The molecule has 4 nitrogen and oxygen atoms in total. The van der Waals surface area contributed by atoms with Gasteiger partial charge in [-0.15, -0.1) is 0 Å². The van der Waals surface area contributed by atoms with Crippen LogP contribution < -0.4 is 0 Å². The molecule has 0 bridgehead atoms. The Morgan fingerprint density at radius 3 is 1.48 bits per heavy atom. The summed E-state index contributed by atoms with van der Waals surface area (Å²) in [5, 5.41) is 0. The van der Waals surface area contributed by atoms with Gasteiger partial charge in [-0.3, -0.25) is 20.0 Å². The Balaban J connectivity index is 0.00000323. The normalized spacial score (nSPS) is 24.9. The molecule has 2 atom stereocenters. The molecule has 0 saturated heterocycles. The van der Waals surface area contributed by atoms with Crippen LogP contribution in [0.5, 0.6) is 0 Å². The number of pyridine rings is 2. The van der Waals surface area contributed by atoms with E-state index in [1.807, 2.05) is 0 Å². The molecule has 6 rings (SSSR count). The van der Waals surface area contributed by atoms with Crippen LogP contribution in [0.3, 0.4) is 0 Å². The molecule has 4 heterocycles. The maximum atomic E-state index is 5.07. The van der Waals surface area contributed by atoms with Crippen molar-refractivity contribution in [2.24, 2.45) is 20.8 Å². The summed E-state index contributed by atoms with van der Waals surface area (Å²) in [6.45, 7) is 4.89. The predicted molar refractivity (Wildman–Crippen MR) is 162 cm³/mol. The van der Waals surface area contributed by atoms with Gasteiger partial charge in [0.2, 0.25) is 0 Å². The van der Waals surface area contributed by atoms with Gasteiger partial charge in [-0.1, -0.05) is 76.7 Å². The third-order valence-corrected chi connectivity index (χ3v) is 9.51. The van der Waals surface area contributed by atoms with Crippen LogP contribution in [0.2, 0.25) is 0 Å². The fourth-order valence-corrected chi connectivity index (χ4v) is 7.22. The molecule has 40 heavy (non-hydrogen) atoms. The van der Waals surface area contributed by atoms with Crippen molar-refractivity contribution >= 4 is 11.4 Å². The average Bonchev–Trinajstić information content (AvgIpc) is 3.59. The van der Waals surface area contributed by atoms with Gasteiger partial charge >= 0.3 is 0 Å². The maximum Gasteiger partial charge on any atom is 0.111 e. The van der Waals surface area contributed by atoms with Crippen molar-refractivity contribution in [1.82, 2.24) is 9.97 Å². The van der Waals surface area contributed by atoms with E-state index in [0.717, 1.165) is 42.0 Å². The standard InChI is InChI=1S/C35H44N4.Pt/c1-34(19-5-3-6-20-34)24-28-15-17-32(38-28)30-13-9-11-26(36-30)23-27-12-10-14-31(37-27)33-18-16-29(39-33)25-35(2)21-7-4-8-22-35;/h9-18,32-33H,3-8,19-25H2,1-2H3;. The number of aromatic nitrogens is 2. The maximum absolute atomic E-state index is 5.07. The van der Waals surface area contributed by atoms with Gasteiger partial charge < -0.3 is 0 Å². The Hall–Kier alpha value is -2.19. The molecule has 0 amide bonds. The molecule has 2 aromatic rings. The summed E-state index contributed by atoms with van der Waals surface area (Å²) in [5.74, 6) is 0. The van der Waals surface area contributed by atoms with Gasteiger partial charge in [-0.25, -0.2) is 0 Å². The minimum atomic E-state index is 0. The molecule has 2 aromatic heterocycles. The van der Waals surface area contributed by atoms with E-state index in [0.29, 0.717) is 10.8 Å². The fraction of sp³-hybridized carbons (Fsp3) is 0.543. The summed E-state index contributed by atoms with van der Waals surface area (Å²) in [7, 11) is 0. The zero-order valence-corrected chi connectivity index (χ0v) is 26.5. The monoisotopic (exact) mass is 715 g/mol. The average molecular weight is 716 g/mol. The molecular weight excluding hydrogens is 671 g/mol. The van der Waals surface area contributed by atoms with Gasteiger partial charge in [0.1, 0.15) is 12.1 Å². The van der Waals surface area contributed by atoms with Crippen LogP contribution in [0.4, 0.5) is 0 Å². The Kier molecular flexibility index (Phi) is 9.35. The third-order valence-electron chi connectivity index (χ3n) is 9.51. The van der Waals surface area contributed by atoms with Crippen molar-refractivity contribution in [2.45, 2.75) is 109 Å². The molecule has 2 fully saturated rings. The quantitative estimate of drug-likeness (QED) is 0.274. The summed E-state index contributed by atoms with van der Waals surface area (Å²) < 4.78 is 0. The zero-order chi connectivity index (χ0) is 26.7. The summed E-state index contributed by atoms with van der Waals surface area (Å²) >= 11 is 0. The van der Waals surface area contributed by atoms with Gasteiger partial charge in [0, 0.05) is 50.3 Å². The van der Waals surface area contributed by atoms with Crippen molar-refractivity contribution in [3.05, 3.63) is 83.5 Å². The van der Waals surface area contributed by atoms with Crippen LogP contribution in [-0.2, 0) is 27.5 Å². The van der Waals surface area contributed by atoms with E-state index in [2.05, 4.69) is 74.5 Å². The Bertz CT molecular complexity index is 1190. The van der Waals surface area contributed by atoms with E-state index >= 15 is 0 Å². The predicted octanol–water partition coefficient (Wildman–Crippen LogP) is 8.89. The molecular formula is C35H44N4Pt. The minimum absolute atomic E-state index is 0. The summed E-state index contributed by atoms with van der Waals surface area (Å²) in [6, 6.07) is 12.8. The van der Waals surface area contributed by atoms with Crippen LogP contribution in [0.15, 0.2) is 70.7 Å². The first-order valence-electron chi connectivity index (χ1n) is 15.4. The third kappa shape index (κ3) is 7.17. The smallest absolute Gasteiger partial charge is 0.111 e. The number of hydrogen-bond acceptors (Lipinski definition) is 4. The van der Waals surface area contributed by atoms with Crippen LogP contribution in [-0.4, -0.2) is 21.4 Å². The SMILES string of the molecule is CC1(CC2=NC(c3cccc(Cc4cccc(C5C=CC(CC6(C)CCCCC6)=N5)n4)n3)C=C2)CCCCC1.[Pt]. The summed E-state index contributed by atoms with van der Waals surface area (Å²) in [5.41, 5.74) is 7.47. The van der Waals surface area contributed by atoms with Crippen molar-refractivity contribution in [2.75, 3.05) is 0 Å². The largest absolute Gasteiger partial charge is 0.276 e. The topological polar surface area (TPSA) is 50.5 Å². The molecule has 2 unspecified atom stereocenters. The summed E-state index contributed by atoms with van der Waals surface area (Å²) in [6.07, 6.45) is 25.4. The number of aliphatic imine (C=N–C) groups is 2. The summed E-state index contributed by atoms with van der Waals surface area (Å²) in [4.78, 5) is 20.2. The number of allylic oxidation sites excluding steroid dienone is 2. The Labute approximate surface area is 255 Å². The van der Waals surface area contributed by atoms with Crippen LogP contribution >= 0.6 is 0 Å². The second-order valence-corrected chi connectivity index (χ2v) is 13.2. The Morgan fingerprint density at radius 2 is 1.05 bits per heavy atom. The number of hydrogen-bond donors (Lipinski definition) is 0. The molecule has 4 aliphatic rings. The molecule has 0 aromatic carbocycles. The molecule has 0 spiro atoms. The van der Waals surface area contributed by atoms with Crippen molar-refractivity contribution in [1.29, 1.82) is 0 Å². The fourth-order valence-electron chi connectivity index (χ4n) is 7.22. The molecule has 5 heteroatoms. The van der Waals surface area contributed by atoms with Gasteiger partial charge in [0.15, 0.2) is 0 Å². The van der Waals surface area contributed by atoms with Crippen LogP contribution in [0.1, 0.15) is 126 Å². The second-order valence-electron chi connectivity index (χ2n) is 13.2. The van der Waals surface area contributed by atoms with E-state index < -0.39 is 0 Å². The van der Waals surface area contributed by atoms with Crippen molar-refractivity contribution in [3.8, 4) is 0 Å². The van der Waals surface area contributed by atoms with Gasteiger partial charge in [-0.05, 0) is 85.8 Å². The molecule has 2 aliphatic heterocycles. The first-order valence-corrected chi connectivity index (χ1v) is 15.4. The van der Waals surface area contributed by atoms with Gasteiger partial charge in [0.05, 0.1) is 11.4 Å². The Morgan fingerprint density at radius 1 is 0.625 bits per heavy atom. The van der Waals surface area contributed by atoms with Crippen LogP contribution in [0, 0.1) is 10.8 Å². The van der Waals surface area contributed by atoms with Gasteiger partial charge in [-0.2, -0.15) is 0 Å². The first-order chi connectivity index (χ1) is 19.0. The van der Waals surface area contributed by atoms with Gasteiger partial charge in [0.25, 0.3) is 0 Å². The van der Waals surface area contributed by atoms with E-state index in [-0.39, 0.29) is 33.1 Å². The molecule has 2 saturated carbocycles. The molecule has 2 aliphatic carbocycles. The van der Waals surface area contributed by atoms with Crippen LogP contribution in [0.25, 0.3) is 0 Å². The van der Waals surface area contributed by atoms with E-state index in [1.165, 1.54) is 75.6 Å². The molecule has 0 radical (unpaired) electrons. The van der Waals surface area contributed by atoms with Crippen molar-refractivity contribution < 1.29 is 21.1 Å². The molecule has 214 valence electrons. The number of nitrogens with zero attached hydrogens (tertiary/aromatic N) is 4.